The van der Waals surface area contributed by atoms with E-state index >= 15 is 0 Å². The van der Waals surface area contributed by atoms with Crippen LogP contribution in [0.5, 0.6) is 5.75 Å². The molecule has 0 bridgehead atoms. The van der Waals surface area contributed by atoms with Crippen molar-refractivity contribution in [2.45, 2.75) is 0 Å². The average Bonchev–Trinajstić information content (AvgIpc) is 3.40. The van der Waals surface area contributed by atoms with E-state index in [4.69, 9.17) is 14.1 Å². The van der Waals surface area contributed by atoms with Gasteiger partial charge in [0.25, 0.3) is 11.5 Å². The molecule has 0 atom stereocenters. The molecule has 0 unspecified atom stereocenters. The Bertz CT molecular complexity index is 2090. The van der Waals surface area contributed by atoms with Crippen LogP contribution in [0.1, 0.15) is 5.56 Å². The Morgan fingerprint density at radius 1 is 1.00 bits per heavy atom. The Hall–Kier alpha value is -4.13. The monoisotopic (exact) mass is 766 g/mol. The molecular weight excluding hydrogens is 751 g/mol. The highest BCUT2D eigenvalue weighted by atomic mass is 79.9. The number of carbonyl (C=O) groups is 1. The Morgan fingerprint density at radius 3 is 2.51 bits per heavy atom. The third kappa shape index (κ3) is 6.31. The van der Waals surface area contributed by atoms with Gasteiger partial charge < -0.3 is 14.5 Å². The zero-order valence-electron chi connectivity index (χ0n) is 21.9. The summed E-state index contributed by atoms with van der Waals surface area (Å²) in [6.07, 6.45) is 1.52. The van der Waals surface area contributed by atoms with Crippen LogP contribution in [0.3, 0.4) is 0 Å². The number of halogens is 4. The number of nitrogens with zero attached hydrogens (tertiary/aromatic N) is 3. The summed E-state index contributed by atoms with van der Waals surface area (Å²) in [5.74, 6) is 0.220. The van der Waals surface area contributed by atoms with Crippen molar-refractivity contribution in [3.63, 3.8) is 0 Å². The van der Waals surface area contributed by atoms with Crippen molar-refractivity contribution in [2.24, 2.45) is 5.10 Å². The molecule has 214 valence electrons. The molecular formula is C31H18Br3FN4O4. The van der Waals surface area contributed by atoms with E-state index in [0.29, 0.717) is 48.2 Å². The summed E-state index contributed by atoms with van der Waals surface area (Å²) < 4.78 is 28.1. The molecule has 0 aliphatic heterocycles. The summed E-state index contributed by atoms with van der Waals surface area (Å²) in [7, 11) is 0. The Balaban J connectivity index is 1.29. The number of hydrogen-bond donors (Lipinski definition) is 1. The smallest absolute Gasteiger partial charge is 0.282 e. The van der Waals surface area contributed by atoms with E-state index in [2.05, 4.69) is 58.2 Å². The number of hydrogen-bond acceptors (Lipinski definition) is 6. The molecule has 1 amide bonds. The van der Waals surface area contributed by atoms with E-state index in [1.165, 1.54) is 35.2 Å². The Morgan fingerprint density at radius 2 is 1.74 bits per heavy atom. The lowest BCUT2D eigenvalue weighted by molar-refractivity contribution is -0.118. The predicted octanol–water partition coefficient (Wildman–Crippen LogP) is 8.14. The number of rotatable bonds is 7. The zero-order valence-corrected chi connectivity index (χ0v) is 26.6. The van der Waals surface area contributed by atoms with Gasteiger partial charge in [0.05, 0.1) is 26.1 Å². The van der Waals surface area contributed by atoms with Crippen LogP contribution in [0.4, 0.5) is 10.1 Å². The van der Waals surface area contributed by atoms with Gasteiger partial charge >= 0.3 is 0 Å². The second kappa shape index (κ2) is 12.2. The van der Waals surface area contributed by atoms with Gasteiger partial charge in [-0.1, -0.05) is 28.1 Å². The molecule has 0 aliphatic rings. The van der Waals surface area contributed by atoms with Gasteiger partial charge in [0.2, 0.25) is 5.82 Å². The van der Waals surface area contributed by atoms with Crippen LogP contribution in [0.2, 0.25) is 0 Å². The molecule has 2 heterocycles. The lowest BCUT2D eigenvalue weighted by atomic mass is 10.2. The molecule has 2 aromatic heterocycles. The molecule has 8 nitrogen and oxygen atoms in total. The van der Waals surface area contributed by atoms with Gasteiger partial charge in [-0.25, -0.2) is 9.37 Å². The summed E-state index contributed by atoms with van der Waals surface area (Å²) >= 11 is 10.4. The minimum absolute atomic E-state index is 0.248. The summed E-state index contributed by atoms with van der Waals surface area (Å²) in [4.78, 5) is 30.6. The first-order valence-corrected chi connectivity index (χ1v) is 15.1. The van der Waals surface area contributed by atoms with Crippen molar-refractivity contribution in [1.82, 2.24) is 9.66 Å². The molecule has 12 heteroatoms. The molecule has 6 rings (SSSR count). The van der Waals surface area contributed by atoms with Crippen molar-refractivity contribution in [1.29, 1.82) is 0 Å². The first-order chi connectivity index (χ1) is 20.7. The SMILES string of the molecule is O=C(COc1c(Br)cc(C=Nn2c(-c3cc4cc(Br)ccc4o3)nc3ccccc3c2=O)cc1Br)Nc1ccc(F)cc1. The number of ether oxygens (including phenoxy) is 1. The lowest BCUT2D eigenvalue weighted by Crippen LogP contribution is -2.20. The maximum atomic E-state index is 13.6. The van der Waals surface area contributed by atoms with Crippen molar-refractivity contribution in [3.8, 4) is 17.3 Å². The van der Waals surface area contributed by atoms with Gasteiger partial charge in [0.15, 0.2) is 12.4 Å². The molecule has 6 aromatic rings. The zero-order chi connectivity index (χ0) is 30.1. The van der Waals surface area contributed by atoms with E-state index in [-0.39, 0.29) is 18.0 Å². The quantitative estimate of drug-likeness (QED) is 0.166. The summed E-state index contributed by atoms with van der Waals surface area (Å²) in [6.45, 7) is -0.280. The van der Waals surface area contributed by atoms with Gasteiger partial charge in [-0.05, 0) is 110 Å². The first-order valence-electron chi connectivity index (χ1n) is 12.7. The van der Waals surface area contributed by atoms with Gasteiger partial charge in [-0.2, -0.15) is 9.78 Å². The minimum atomic E-state index is -0.412. The summed E-state index contributed by atoms with van der Waals surface area (Å²) in [6, 6.07) is 23.4. The summed E-state index contributed by atoms with van der Waals surface area (Å²) in [5, 5.41) is 8.40. The number of aromatic nitrogens is 2. The van der Waals surface area contributed by atoms with Crippen molar-refractivity contribution in [2.75, 3.05) is 11.9 Å². The number of fused-ring (bicyclic) bond motifs is 2. The molecule has 43 heavy (non-hydrogen) atoms. The number of furan rings is 1. The molecule has 0 saturated heterocycles. The number of benzene rings is 4. The van der Waals surface area contributed by atoms with E-state index in [0.717, 1.165) is 9.86 Å². The minimum Gasteiger partial charge on any atom is -0.481 e. The molecule has 0 fully saturated rings. The number of para-hydroxylation sites is 1. The summed E-state index contributed by atoms with van der Waals surface area (Å²) in [5.41, 5.74) is 1.88. The fourth-order valence-electron chi connectivity index (χ4n) is 4.30. The molecule has 0 spiro atoms. The van der Waals surface area contributed by atoms with Gasteiger partial charge in [0, 0.05) is 15.5 Å². The predicted molar refractivity (Wildman–Crippen MR) is 174 cm³/mol. The second-order valence-corrected chi connectivity index (χ2v) is 11.9. The first kappa shape index (κ1) is 29.0. The van der Waals surface area contributed by atoms with Gasteiger partial charge in [-0.3, -0.25) is 9.59 Å². The fourth-order valence-corrected chi connectivity index (χ4v) is 6.13. The van der Waals surface area contributed by atoms with Crippen molar-refractivity contribution >= 4 is 87.5 Å². The van der Waals surface area contributed by atoms with E-state index in [1.807, 2.05) is 30.3 Å². The average molecular weight is 769 g/mol. The largest absolute Gasteiger partial charge is 0.481 e. The van der Waals surface area contributed by atoms with Crippen molar-refractivity contribution in [3.05, 3.63) is 120 Å². The van der Waals surface area contributed by atoms with Crippen LogP contribution >= 0.6 is 47.8 Å². The van der Waals surface area contributed by atoms with Gasteiger partial charge in [-0.15, -0.1) is 0 Å². The van der Waals surface area contributed by atoms with Crippen LogP contribution in [-0.4, -0.2) is 28.4 Å². The highest BCUT2D eigenvalue weighted by Crippen LogP contribution is 2.35. The lowest BCUT2D eigenvalue weighted by Gasteiger charge is -2.12. The van der Waals surface area contributed by atoms with E-state index in [9.17, 15) is 14.0 Å². The highest BCUT2D eigenvalue weighted by Gasteiger charge is 2.17. The molecule has 0 aliphatic carbocycles. The highest BCUT2D eigenvalue weighted by molar-refractivity contribution is 9.11. The Labute approximate surface area is 268 Å². The van der Waals surface area contributed by atoms with E-state index in [1.54, 1.807) is 30.3 Å². The molecule has 0 radical (unpaired) electrons. The van der Waals surface area contributed by atoms with E-state index < -0.39 is 11.7 Å². The topological polar surface area (TPSA) is 98.7 Å². The standard InChI is InChI=1S/C31H18Br3FN4O4/c32-19-5-10-26-18(13-19)14-27(43-26)30-38-25-4-2-1-3-22(25)31(41)39(30)36-15-17-11-23(33)29(24(34)12-17)42-16-28(40)37-21-8-6-20(35)7-9-21/h1-15H,16H2,(H,37,40). The van der Waals surface area contributed by atoms with Crippen LogP contribution in [0.25, 0.3) is 33.5 Å². The third-order valence-electron chi connectivity index (χ3n) is 6.27. The number of nitrogens with one attached hydrogen (secondary N) is 1. The van der Waals surface area contributed by atoms with Crippen LogP contribution in [0, 0.1) is 5.82 Å². The van der Waals surface area contributed by atoms with Gasteiger partial charge in [0.1, 0.15) is 17.1 Å². The number of amides is 1. The van der Waals surface area contributed by atoms with Crippen LogP contribution in [0.15, 0.2) is 113 Å². The molecule has 1 N–H and O–H groups in total. The molecule has 4 aromatic carbocycles. The van der Waals surface area contributed by atoms with Crippen molar-refractivity contribution < 1.29 is 18.3 Å². The van der Waals surface area contributed by atoms with Crippen LogP contribution < -0.4 is 15.6 Å². The second-order valence-electron chi connectivity index (χ2n) is 9.26. The number of anilines is 1. The maximum Gasteiger partial charge on any atom is 0.282 e. The fraction of sp³-hybridized carbons (Fsp3) is 0.0323. The van der Waals surface area contributed by atoms with Crippen LogP contribution in [-0.2, 0) is 4.79 Å². The third-order valence-corrected chi connectivity index (χ3v) is 7.94. The Kier molecular flexibility index (Phi) is 8.24. The normalized spacial score (nSPS) is 11.4. The number of carbonyl (C=O) groups excluding carboxylic acids is 1. The maximum absolute atomic E-state index is 13.6. The molecule has 0 saturated carbocycles.